The van der Waals surface area contributed by atoms with Crippen LogP contribution in [0.3, 0.4) is 0 Å². The van der Waals surface area contributed by atoms with Crippen LogP contribution in [-0.2, 0) is 9.53 Å². The van der Waals surface area contributed by atoms with Gasteiger partial charge in [0.25, 0.3) is 0 Å². The topological polar surface area (TPSA) is 134 Å². The quantitative estimate of drug-likeness (QED) is 0.214. The monoisotopic (exact) mass is 151 g/mol. The largest absolute Gasteiger partial charge is 0.469 e. The van der Waals surface area contributed by atoms with Crippen LogP contribution in [0.2, 0.25) is 0 Å². The van der Waals surface area contributed by atoms with Gasteiger partial charge in [0.15, 0.2) is 5.96 Å². The summed E-state index contributed by atoms with van der Waals surface area (Å²) in [5, 5.41) is 6.06. The van der Waals surface area contributed by atoms with Gasteiger partial charge in [-0.05, 0) is 0 Å². The lowest BCUT2D eigenvalue weighted by atomic mass is 10.8. The fourth-order valence-corrected chi connectivity index (χ4v) is 0. The van der Waals surface area contributed by atoms with Crippen molar-refractivity contribution in [3.05, 3.63) is 0 Å². The number of carbonyl (C=O) groups excluding carboxylic acids is 1. The average Bonchev–Trinajstić information content (AvgIpc) is 1.65. The first-order valence-electron chi connectivity index (χ1n) is 2.14. The van der Waals surface area contributed by atoms with Crippen molar-refractivity contribution in [3.8, 4) is 0 Å². The number of rotatable bonds is 0. The van der Waals surface area contributed by atoms with E-state index >= 15 is 0 Å². The number of hydrogen-bond donors (Lipinski definition) is 3. The highest BCUT2D eigenvalue weighted by molar-refractivity contribution is 5.71. The van der Waals surface area contributed by atoms with Gasteiger partial charge in [-0.1, -0.05) is 0 Å². The second-order valence-electron chi connectivity index (χ2n) is 1.15. The number of esters is 1. The fourth-order valence-electron chi connectivity index (χ4n) is 0. The molecule has 0 amide bonds. The summed E-state index contributed by atoms with van der Waals surface area (Å²) >= 11 is 0. The van der Waals surface area contributed by atoms with Gasteiger partial charge in [-0.2, -0.15) is 0 Å². The van der Waals surface area contributed by atoms with Crippen molar-refractivity contribution >= 4 is 11.9 Å². The van der Waals surface area contributed by atoms with E-state index in [-0.39, 0.29) is 17.4 Å². The molecule has 0 saturated heterocycles. The zero-order valence-corrected chi connectivity index (χ0v) is 5.97. The van der Waals surface area contributed by atoms with Gasteiger partial charge in [0, 0.05) is 6.92 Å². The van der Waals surface area contributed by atoms with E-state index in [0.29, 0.717) is 0 Å². The van der Waals surface area contributed by atoms with E-state index in [1.165, 1.54) is 14.0 Å². The summed E-state index contributed by atoms with van der Waals surface area (Å²) in [6, 6.07) is 0. The molecule has 7 N–H and O–H groups in total. The Balaban J connectivity index is -0.0000000910. The van der Waals surface area contributed by atoms with Crippen LogP contribution < -0.4 is 11.5 Å². The zero-order chi connectivity index (χ0) is 7.86. The SMILES string of the molecule is COC(C)=O.N=C(N)N.O. The molecule has 0 aliphatic carbocycles. The minimum atomic E-state index is -0.333. The van der Waals surface area contributed by atoms with Gasteiger partial charge < -0.3 is 21.7 Å². The summed E-state index contributed by atoms with van der Waals surface area (Å²) in [5.74, 6) is -0.579. The zero-order valence-electron chi connectivity index (χ0n) is 5.97. The molecule has 0 radical (unpaired) electrons. The van der Waals surface area contributed by atoms with Crippen LogP contribution in [0.1, 0.15) is 6.92 Å². The molecule has 0 spiro atoms. The molecule has 0 fully saturated rings. The van der Waals surface area contributed by atoms with E-state index in [4.69, 9.17) is 5.41 Å². The summed E-state index contributed by atoms with van der Waals surface area (Å²) in [5.41, 5.74) is 8.94. The van der Waals surface area contributed by atoms with Gasteiger partial charge in [-0.25, -0.2) is 0 Å². The van der Waals surface area contributed by atoms with E-state index in [1.807, 2.05) is 0 Å². The maximum Gasteiger partial charge on any atom is 0.302 e. The Morgan fingerprint density at radius 2 is 1.60 bits per heavy atom. The van der Waals surface area contributed by atoms with Crippen LogP contribution in [0, 0.1) is 5.41 Å². The van der Waals surface area contributed by atoms with Gasteiger partial charge >= 0.3 is 5.97 Å². The second-order valence-corrected chi connectivity index (χ2v) is 1.15. The van der Waals surface area contributed by atoms with E-state index in [0.717, 1.165) is 0 Å². The minimum Gasteiger partial charge on any atom is -0.469 e. The van der Waals surface area contributed by atoms with Crippen LogP contribution in [0.15, 0.2) is 0 Å². The minimum absolute atomic E-state index is 0. The summed E-state index contributed by atoms with van der Waals surface area (Å²) in [6.45, 7) is 1.36. The molecule has 0 bridgehead atoms. The molecular formula is C4H13N3O3. The van der Waals surface area contributed by atoms with Crippen molar-refractivity contribution in [2.45, 2.75) is 6.92 Å². The Hall–Kier alpha value is -1.30. The lowest BCUT2D eigenvalue weighted by Gasteiger charge is -1.80. The second kappa shape index (κ2) is 10.6. The smallest absolute Gasteiger partial charge is 0.302 e. The van der Waals surface area contributed by atoms with E-state index in [1.54, 1.807) is 0 Å². The highest BCUT2D eigenvalue weighted by Crippen LogP contribution is 1.60. The van der Waals surface area contributed by atoms with E-state index in [2.05, 4.69) is 16.2 Å². The van der Waals surface area contributed by atoms with Gasteiger partial charge in [-0.15, -0.1) is 0 Å². The highest BCUT2D eigenvalue weighted by Gasteiger charge is 1.75. The molecule has 62 valence electrons. The summed E-state index contributed by atoms with van der Waals surface area (Å²) < 4.78 is 4.11. The molecular weight excluding hydrogens is 138 g/mol. The lowest BCUT2D eigenvalue weighted by Crippen LogP contribution is -2.20. The molecule has 0 rings (SSSR count). The molecule has 6 heteroatoms. The Kier molecular flexibility index (Phi) is 16.9. The number of nitrogens with two attached hydrogens (primary N) is 2. The van der Waals surface area contributed by atoms with Crippen LogP contribution in [-0.4, -0.2) is 24.5 Å². The number of ether oxygens (including phenoxy) is 1. The normalized spacial score (nSPS) is 5.80. The fraction of sp³-hybridized carbons (Fsp3) is 0.500. The van der Waals surface area contributed by atoms with Crippen LogP contribution >= 0.6 is 0 Å². The molecule has 0 aliphatic rings. The third-order valence-electron chi connectivity index (χ3n) is 0.287. The van der Waals surface area contributed by atoms with E-state index in [9.17, 15) is 4.79 Å². The first-order valence-corrected chi connectivity index (χ1v) is 2.14. The standard InChI is InChI=1S/C3H6O2.CH5N3.H2O/c1-3(4)5-2;2-1(3)4;/h1-2H3;(H5,2,3,4);1H2. The first kappa shape index (κ1) is 15.9. The predicted octanol–water partition coefficient (Wildman–Crippen LogP) is -1.81. The molecule has 0 saturated carbocycles. The van der Waals surface area contributed by atoms with E-state index < -0.39 is 0 Å². The van der Waals surface area contributed by atoms with Crippen LogP contribution in [0.5, 0.6) is 0 Å². The number of carbonyl (C=O) groups is 1. The molecule has 0 unspecified atom stereocenters. The molecule has 0 aliphatic heterocycles. The van der Waals surface area contributed by atoms with Gasteiger partial charge in [0.05, 0.1) is 7.11 Å². The van der Waals surface area contributed by atoms with Gasteiger partial charge in [-0.3, -0.25) is 10.2 Å². The Morgan fingerprint density at radius 3 is 1.60 bits per heavy atom. The molecule has 6 nitrogen and oxygen atoms in total. The van der Waals surface area contributed by atoms with Crippen molar-refractivity contribution in [1.82, 2.24) is 0 Å². The maximum atomic E-state index is 9.59. The van der Waals surface area contributed by atoms with Crippen molar-refractivity contribution in [2.24, 2.45) is 11.5 Å². The molecule has 0 atom stereocenters. The van der Waals surface area contributed by atoms with Crippen molar-refractivity contribution in [1.29, 1.82) is 5.41 Å². The Morgan fingerprint density at radius 1 is 1.50 bits per heavy atom. The van der Waals surface area contributed by atoms with Crippen molar-refractivity contribution < 1.29 is 15.0 Å². The number of guanidine groups is 1. The van der Waals surface area contributed by atoms with Gasteiger partial charge in [0.1, 0.15) is 0 Å². The molecule has 10 heavy (non-hydrogen) atoms. The third-order valence-corrected chi connectivity index (χ3v) is 0.287. The van der Waals surface area contributed by atoms with Crippen molar-refractivity contribution in [3.63, 3.8) is 0 Å². The molecule has 0 aromatic carbocycles. The van der Waals surface area contributed by atoms with Crippen molar-refractivity contribution in [2.75, 3.05) is 7.11 Å². The molecule has 0 aromatic rings. The predicted molar refractivity (Wildman–Crippen MR) is 37.4 cm³/mol. The molecule has 0 heterocycles. The molecule has 0 aromatic heterocycles. The summed E-state index contributed by atoms with van der Waals surface area (Å²) in [7, 11) is 1.35. The lowest BCUT2D eigenvalue weighted by molar-refractivity contribution is -0.137. The number of hydrogen-bond acceptors (Lipinski definition) is 3. The number of methoxy groups -OCH3 is 1. The first-order chi connectivity index (χ1) is 4.00. The van der Waals surface area contributed by atoms with Crippen LogP contribution in [0.4, 0.5) is 0 Å². The summed E-state index contributed by atoms with van der Waals surface area (Å²) in [6.07, 6.45) is 0. The Labute approximate surface area is 59.0 Å². The maximum absolute atomic E-state index is 9.59. The summed E-state index contributed by atoms with van der Waals surface area (Å²) in [4.78, 5) is 9.59. The average molecular weight is 151 g/mol. The highest BCUT2D eigenvalue weighted by atomic mass is 16.5. The third kappa shape index (κ3) is 444. The number of nitrogens with one attached hydrogen (secondary N) is 1. The Bertz CT molecular complexity index is 99.9. The van der Waals surface area contributed by atoms with Crippen LogP contribution in [0.25, 0.3) is 0 Å². The van der Waals surface area contributed by atoms with Gasteiger partial charge in [0.2, 0.25) is 0 Å².